The van der Waals surface area contributed by atoms with Gasteiger partial charge < -0.3 is 15.4 Å². The molecular formula is C29H24N6. The molecule has 0 radical (unpaired) electrons. The molecule has 35 heavy (non-hydrogen) atoms. The Morgan fingerprint density at radius 3 is 2.63 bits per heavy atom. The fourth-order valence-electron chi connectivity index (χ4n) is 5.06. The Labute approximate surface area is 202 Å². The molecule has 1 unspecified atom stereocenters. The molecular weight excluding hydrogens is 432 g/mol. The topological polar surface area (TPSA) is 108 Å². The van der Waals surface area contributed by atoms with Crippen molar-refractivity contribution in [3.63, 3.8) is 0 Å². The number of benzene rings is 3. The summed E-state index contributed by atoms with van der Waals surface area (Å²) < 4.78 is 0. The van der Waals surface area contributed by atoms with E-state index in [2.05, 4.69) is 69.6 Å². The van der Waals surface area contributed by atoms with Gasteiger partial charge in [0.25, 0.3) is 0 Å². The number of nitriles is 1. The highest BCUT2D eigenvalue weighted by molar-refractivity contribution is 5.99. The quantitative estimate of drug-likeness (QED) is 0.206. The molecule has 6 aromatic rings. The van der Waals surface area contributed by atoms with E-state index in [1.807, 2.05) is 36.4 Å². The van der Waals surface area contributed by atoms with E-state index in [0.29, 0.717) is 17.7 Å². The maximum atomic E-state index is 9.18. The van der Waals surface area contributed by atoms with Gasteiger partial charge in [0.2, 0.25) is 0 Å². The molecule has 3 aromatic carbocycles. The smallest absolute Gasteiger partial charge is 0.116 e. The number of nitrogens with one attached hydrogen (secondary N) is 4. The zero-order chi connectivity index (χ0) is 23.9. The molecule has 0 bridgehead atoms. The third kappa shape index (κ3) is 3.58. The molecule has 1 atom stereocenters. The number of aromatic amines is 3. The van der Waals surface area contributed by atoms with Gasteiger partial charge in [-0.1, -0.05) is 37.3 Å². The van der Waals surface area contributed by atoms with Gasteiger partial charge in [0.1, 0.15) is 5.69 Å². The van der Waals surface area contributed by atoms with Crippen LogP contribution in [0.15, 0.2) is 72.8 Å². The van der Waals surface area contributed by atoms with E-state index in [4.69, 9.17) is 5.41 Å². The Kier molecular flexibility index (Phi) is 4.97. The number of para-hydroxylation sites is 1. The van der Waals surface area contributed by atoms with Gasteiger partial charge in [-0.15, -0.1) is 0 Å². The van der Waals surface area contributed by atoms with Crippen LogP contribution in [0.2, 0.25) is 0 Å². The normalized spacial score (nSPS) is 12.3. The number of H-pyrrole nitrogens is 3. The Morgan fingerprint density at radius 2 is 1.80 bits per heavy atom. The lowest BCUT2D eigenvalue weighted by Crippen LogP contribution is -2.14. The average Bonchev–Trinajstić information content (AvgIpc) is 3.60. The summed E-state index contributed by atoms with van der Waals surface area (Å²) in [6.45, 7) is 2.14. The summed E-state index contributed by atoms with van der Waals surface area (Å²) in [7, 11) is 0. The molecule has 0 aliphatic rings. The maximum absolute atomic E-state index is 9.18. The van der Waals surface area contributed by atoms with Crippen molar-refractivity contribution in [2.75, 3.05) is 0 Å². The van der Waals surface area contributed by atoms with Crippen molar-refractivity contribution < 1.29 is 0 Å². The van der Waals surface area contributed by atoms with Crippen LogP contribution in [0, 0.1) is 16.7 Å². The molecule has 6 rings (SSSR count). The van der Waals surface area contributed by atoms with Crippen molar-refractivity contribution >= 4 is 38.4 Å². The SMILES string of the molecule is CCC(C(=N)Cc1cccc2[nH]c(-c3n[nH]c4cc(C#N)ccc34)cc12)c1cc2ccccc2[nH]1. The summed E-state index contributed by atoms with van der Waals surface area (Å²) in [6.07, 6.45) is 1.44. The molecule has 0 saturated carbocycles. The summed E-state index contributed by atoms with van der Waals surface area (Å²) in [4.78, 5) is 7.02. The van der Waals surface area contributed by atoms with Gasteiger partial charge in [0, 0.05) is 45.6 Å². The highest BCUT2D eigenvalue weighted by Crippen LogP contribution is 2.32. The molecule has 6 heteroatoms. The third-order valence-electron chi connectivity index (χ3n) is 6.84. The van der Waals surface area contributed by atoms with Crippen LogP contribution < -0.4 is 0 Å². The first kappa shape index (κ1) is 20.9. The van der Waals surface area contributed by atoms with Gasteiger partial charge in [-0.2, -0.15) is 10.4 Å². The summed E-state index contributed by atoms with van der Waals surface area (Å²) in [5.41, 5.74) is 8.23. The van der Waals surface area contributed by atoms with E-state index in [1.54, 1.807) is 0 Å². The Bertz CT molecular complexity index is 1720. The zero-order valence-electron chi connectivity index (χ0n) is 19.3. The van der Waals surface area contributed by atoms with Crippen LogP contribution >= 0.6 is 0 Å². The molecule has 0 aliphatic heterocycles. The fraction of sp³-hybridized carbons (Fsp3) is 0.138. The van der Waals surface area contributed by atoms with Gasteiger partial charge in [0.15, 0.2) is 0 Å². The van der Waals surface area contributed by atoms with Crippen LogP contribution in [0.25, 0.3) is 44.1 Å². The predicted octanol–water partition coefficient (Wildman–Crippen LogP) is 6.82. The van der Waals surface area contributed by atoms with Crippen molar-refractivity contribution in [3.8, 4) is 17.5 Å². The lowest BCUT2D eigenvalue weighted by molar-refractivity contribution is 0.804. The first-order chi connectivity index (χ1) is 17.1. The molecule has 0 spiro atoms. The van der Waals surface area contributed by atoms with Crippen LogP contribution in [0.5, 0.6) is 0 Å². The standard InChI is InChI=1S/C29H24N6/c1-2-20(26-14-19-6-3-4-8-24(19)32-26)23(31)13-18-7-5-9-25-22(18)15-28(33-25)29-21-11-10-17(16-30)12-27(21)34-35-29/h3-12,14-15,20,31-33H,2,13H2,1H3,(H,34,35). The monoisotopic (exact) mass is 456 g/mol. The number of nitrogens with zero attached hydrogens (tertiary/aromatic N) is 2. The van der Waals surface area contributed by atoms with E-state index in [1.165, 1.54) is 5.39 Å². The molecule has 0 aliphatic carbocycles. The predicted molar refractivity (Wildman–Crippen MR) is 141 cm³/mol. The largest absolute Gasteiger partial charge is 0.358 e. The number of aromatic nitrogens is 4. The summed E-state index contributed by atoms with van der Waals surface area (Å²) in [6, 6.07) is 26.5. The summed E-state index contributed by atoms with van der Waals surface area (Å²) >= 11 is 0. The fourth-order valence-corrected chi connectivity index (χ4v) is 5.06. The van der Waals surface area contributed by atoms with Gasteiger partial charge in [-0.05, 0) is 59.8 Å². The van der Waals surface area contributed by atoms with Gasteiger partial charge in [-0.25, -0.2) is 0 Å². The van der Waals surface area contributed by atoms with Crippen LogP contribution in [-0.2, 0) is 6.42 Å². The van der Waals surface area contributed by atoms with Crippen molar-refractivity contribution in [2.24, 2.45) is 0 Å². The molecule has 0 amide bonds. The highest BCUT2D eigenvalue weighted by atomic mass is 15.1. The second kappa shape index (κ2) is 8.30. The van der Waals surface area contributed by atoms with Gasteiger partial charge >= 0.3 is 0 Å². The van der Waals surface area contributed by atoms with E-state index < -0.39 is 0 Å². The minimum absolute atomic E-state index is 0.0423. The minimum Gasteiger partial charge on any atom is -0.358 e. The number of hydrogen-bond acceptors (Lipinski definition) is 3. The second-order valence-electron chi connectivity index (χ2n) is 8.98. The molecule has 4 N–H and O–H groups in total. The van der Waals surface area contributed by atoms with Crippen molar-refractivity contribution in [1.29, 1.82) is 10.7 Å². The molecule has 3 aromatic heterocycles. The van der Waals surface area contributed by atoms with Crippen LogP contribution in [-0.4, -0.2) is 25.9 Å². The zero-order valence-corrected chi connectivity index (χ0v) is 19.3. The Balaban J connectivity index is 1.34. The molecule has 6 nitrogen and oxygen atoms in total. The highest BCUT2D eigenvalue weighted by Gasteiger charge is 2.20. The van der Waals surface area contributed by atoms with Crippen molar-refractivity contribution in [2.45, 2.75) is 25.7 Å². The first-order valence-corrected chi connectivity index (χ1v) is 11.8. The maximum Gasteiger partial charge on any atom is 0.116 e. The van der Waals surface area contributed by atoms with E-state index in [0.717, 1.165) is 56.4 Å². The van der Waals surface area contributed by atoms with Gasteiger partial charge in [0.05, 0.1) is 22.8 Å². The number of rotatable bonds is 6. The van der Waals surface area contributed by atoms with Crippen LogP contribution in [0.3, 0.4) is 0 Å². The summed E-state index contributed by atoms with van der Waals surface area (Å²) in [5, 5.41) is 29.0. The lowest BCUT2D eigenvalue weighted by Gasteiger charge is -2.15. The minimum atomic E-state index is 0.0423. The third-order valence-corrected chi connectivity index (χ3v) is 6.84. The number of fused-ring (bicyclic) bond motifs is 3. The molecule has 0 fully saturated rings. The lowest BCUT2D eigenvalue weighted by atomic mass is 9.91. The molecule has 170 valence electrons. The Morgan fingerprint density at radius 1 is 0.943 bits per heavy atom. The van der Waals surface area contributed by atoms with Crippen LogP contribution in [0.1, 0.15) is 36.1 Å². The van der Waals surface area contributed by atoms with Crippen LogP contribution in [0.4, 0.5) is 0 Å². The van der Waals surface area contributed by atoms with Gasteiger partial charge in [-0.3, -0.25) is 5.10 Å². The summed E-state index contributed by atoms with van der Waals surface area (Å²) in [5.74, 6) is 0.0423. The first-order valence-electron chi connectivity index (χ1n) is 11.8. The Hall–Kier alpha value is -4.63. The van der Waals surface area contributed by atoms with E-state index in [9.17, 15) is 5.26 Å². The van der Waals surface area contributed by atoms with E-state index >= 15 is 0 Å². The van der Waals surface area contributed by atoms with E-state index in [-0.39, 0.29) is 5.92 Å². The molecule has 0 saturated heterocycles. The van der Waals surface area contributed by atoms with Crippen molar-refractivity contribution in [1.82, 2.24) is 20.2 Å². The molecule has 3 heterocycles. The number of hydrogen-bond donors (Lipinski definition) is 4. The second-order valence-corrected chi connectivity index (χ2v) is 8.98. The average molecular weight is 457 g/mol. The van der Waals surface area contributed by atoms with Crippen molar-refractivity contribution in [3.05, 3.63) is 89.6 Å².